The van der Waals surface area contributed by atoms with Gasteiger partial charge in [0.2, 0.25) is 0 Å². The zero-order chi connectivity index (χ0) is 26.4. The standard InChI is InChI=1S/C27H28N4O6/c1-4-36-15-9-14-31-23-20(26(33)30-13-7-6-12-22(30)28-23)17-21(27(34)37-5-2)24(31)29-25(32)18-10-8-11-19(16-18)35-3/h6-8,10-13,16-17H,4-5,9,14-15H2,1-3H3. The molecule has 0 saturated heterocycles. The number of aromatic nitrogens is 3. The van der Waals surface area contributed by atoms with Crippen LogP contribution in [-0.2, 0) is 16.0 Å². The van der Waals surface area contributed by atoms with E-state index in [2.05, 4.69) is 4.99 Å². The highest BCUT2D eigenvalue weighted by Gasteiger charge is 2.20. The summed E-state index contributed by atoms with van der Waals surface area (Å²) in [5.74, 6) is -0.784. The van der Waals surface area contributed by atoms with Crippen molar-refractivity contribution < 1.29 is 23.8 Å². The van der Waals surface area contributed by atoms with Crippen molar-refractivity contribution in [3.8, 4) is 5.75 Å². The van der Waals surface area contributed by atoms with E-state index >= 15 is 0 Å². The first-order valence-electron chi connectivity index (χ1n) is 12.0. The number of rotatable bonds is 9. The molecule has 0 atom stereocenters. The topological polar surface area (TPSA) is 113 Å². The maximum atomic E-state index is 13.4. The molecule has 0 unspecified atom stereocenters. The third-order valence-electron chi connectivity index (χ3n) is 5.68. The van der Waals surface area contributed by atoms with Gasteiger partial charge < -0.3 is 18.8 Å². The van der Waals surface area contributed by atoms with Gasteiger partial charge in [-0.1, -0.05) is 12.1 Å². The predicted molar refractivity (Wildman–Crippen MR) is 137 cm³/mol. The first kappa shape index (κ1) is 25.8. The number of ether oxygens (including phenoxy) is 3. The van der Waals surface area contributed by atoms with E-state index in [1.807, 2.05) is 6.92 Å². The average molecular weight is 505 g/mol. The molecule has 4 aromatic rings. The van der Waals surface area contributed by atoms with Gasteiger partial charge in [-0.15, -0.1) is 0 Å². The van der Waals surface area contributed by atoms with Gasteiger partial charge in [0.05, 0.1) is 19.1 Å². The summed E-state index contributed by atoms with van der Waals surface area (Å²) in [5.41, 5.74) is 0.710. The van der Waals surface area contributed by atoms with Crippen molar-refractivity contribution in [1.29, 1.82) is 0 Å². The van der Waals surface area contributed by atoms with Gasteiger partial charge in [0, 0.05) is 31.5 Å². The minimum atomic E-state index is -0.697. The van der Waals surface area contributed by atoms with Crippen molar-refractivity contribution in [3.05, 3.63) is 81.7 Å². The molecule has 0 N–H and O–H groups in total. The minimum absolute atomic E-state index is 0.00297. The van der Waals surface area contributed by atoms with Crippen LogP contribution in [0.1, 0.15) is 41.0 Å². The first-order chi connectivity index (χ1) is 18.0. The Morgan fingerprint density at radius 1 is 1.05 bits per heavy atom. The number of carbonyl (C=O) groups is 2. The van der Waals surface area contributed by atoms with Crippen LogP contribution in [-0.4, -0.2) is 52.8 Å². The number of carbonyl (C=O) groups excluding carboxylic acids is 2. The van der Waals surface area contributed by atoms with Gasteiger partial charge in [-0.05, 0) is 56.7 Å². The number of pyridine rings is 2. The number of nitrogens with zero attached hydrogens (tertiary/aromatic N) is 4. The SMILES string of the molecule is CCOCCCn1c(=NC(=O)c2cccc(OC)c2)c(C(=O)OCC)cc2c(=O)n3ccccc3nc21. The molecule has 1 amide bonds. The first-order valence-corrected chi connectivity index (χ1v) is 12.0. The van der Waals surface area contributed by atoms with Gasteiger partial charge >= 0.3 is 5.97 Å². The monoisotopic (exact) mass is 504 g/mol. The number of esters is 1. The van der Waals surface area contributed by atoms with Gasteiger partial charge in [0.15, 0.2) is 5.49 Å². The van der Waals surface area contributed by atoms with Crippen LogP contribution in [0.15, 0.2) is 64.5 Å². The molecule has 0 spiro atoms. The lowest BCUT2D eigenvalue weighted by atomic mass is 10.2. The van der Waals surface area contributed by atoms with Crippen LogP contribution in [0.2, 0.25) is 0 Å². The molecular formula is C27H28N4O6. The summed E-state index contributed by atoms with van der Waals surface area (Å²) >= 11 is 0. The Labute approximate surface area is 212 Å². The molecule has 3 aromatic heterocycles. The van der Waals surface area contributed by atoms with E-state index in [1.54, 1.807) is 60.2 Å². The molecule has 0 bridgehead atoms. The molecule has 0 aliphatic rings. The summed E-state index contributed by atoms with van der Waals surface area (Å²) in [6.07, 6.45) is 2.14. The highest BCUT2D eigenvalue weighted by molar-refractivity contribution is 5.97. The van der Waals surface area contributed by atoms with Gasteiger partial charge in [0.25, 0.3) is 11.5 Å². The van der Waals surface area contributed by atoms with Crippen molar-refractivity contribution in [2.45, 2.75) is 26.8 Å². The van der Waals surface area contributed by atoms with Crippen LogP contribution in [0.25, 0.3) is 16.7 Å². The summed E-state index contributed by atoms with van der Waals surface area (Å²) in [7, 11) is 1.50. The number of fused-ring (bicyclic) bond motifs is 2. The van der Waals surface area contributed by atoms with Crippen LogP contribution >= 0.6 is 0 Å². The normalized spacial score (nSPS) is 11.7. The lowest BCUT2D eigenvalue weighted by Gasteiger charge is -2.15. The highest BCUT2D eigenvalue weighted by Crippen LogP contribution is 2.15. The summed E-state index contributed by atoms with van der Waals surface area (Å²) in [4.78, 5) is 48.7. The van der Waals surface area contributed by atoms with E-state index in [4.69, 9.17) is 19.2 Å². The third kappa shape index (κ3) is 5.44. The van der Waals surface area contributed by atoms with Gasteiger partial charge in [0.1, 0.15) is 22.6 Å². The second-order valence-electron chi connectivity index (χ2n) is 8.04. The molecule has 0 fully saturated rings. The number of benzene rings is 1. The molecule has 37 heavy (non-hydrogen) atoms. The molecule has 1 aromatic carbocycles. The Bertz CT molecular complexity index is 1590. The van der Waals surface area contributed by atoms with Crippen LogP contribution in [0, 0.1) is 0 Å². The smallest absolute Gasteiger partial charge is 0.341 e. The zero-order valence-corrected chi connectivity index (χ0v) is 21.0. The third-order valence-corrected chi connectivity index (χ3v) is 5.68. The van der Waals surface area contributed by atoms with Crippen molar-refractivity contribution in [1.82, 2.24) is 14.0 Å². The Morgan fingerprint density at radius 2 is 1.89 bits per heavy atom. The van der Waals surface area contributed by atoms with E-state index in [0.29, 0.717) is 43.2 Å². The van der Waals surface area contributed by atoms with Crippen LogP contribution < -0.4 is 15.8 Å². The van der Waals surface area contributed by atoms with Gasteiger partial charge in [-0.2, -0.15) is 4.99 Å². The summed E-state index contributed by atoms with van der Waals surface area (Å²) in [6, 6.07) is 13.2. The second kappa shape index (κ2) is 11.6. The molecule has 3 heterocycles. The molecule has 0 saturated carbocycles. The van der Waals surface area contributed by atoms with Gasteiger partial charge in [-0.25, -0.2) is 9.78 Å². The second-order valence-corrected chi connectivity index (χ2v) is 8.04. The zero-order valence-electron chi connectivity index (χ0n) is 21.0. The predicted octanol–water partition coefficient (Wildman–Crippen LogP) is 3.00. The quantitative estimate of drug-likeness (QED) is 0.196. The highest BCUT2D eigenvalue weighted by atomic mass is 16.5. The maximum absolute atomic E-state index is 13.4. The van der Waals surface area contributed by atoms with E-state index in [9.17, 15) is 14.4 Å². The molecular weight excluding hydrogens is 476 g/mol. The van der Waals surface area contributed by atoms with Crippen molar-refractivity contribution >= 4 is 28.6 Å². The van der Waals surface area contributed by atoms with E-state index in [0.717, 1.165) is 0 Å². The fourth-order valence-electron chi connectivity index (χ4n) is 3.96. The Balaban J connectivity index is 2.04. The van der Waals surface area contributed by atoms with Crippen molar-refractivity contribution in [3.63, 3.8) is 0 Å². The molecule has 10 nitrogen and oxygen atoms in total. The summed E-state index contributed by atoms with van der Waals surface area (Å²) in [6.45, 7) is 4.96. The number of amides is 1. The number of aryl methyl sites for hydroxylation is 1. The number of hydrogen-bond donors (Lipinski definition) is 0. The molecule has 0 radical (unpaired) electrons. The summed E-state index contributed by atoms with van der Waals surface area (Å²) in [5, 5.41) is 0.205. The largest absolute Gasteiger partial charge is 0.497 e. The van der Waals surface area contributed by atoms with E-state index in [-0.39, 0.29) is 34.2 Å². The number of methoxy groups -OCH3 is 1. The summed E-state index contributed by atoms with van der Waals surface area (Å²) < 4.78 is 19.0. The fourth-order valence-corrected chi connectivity index (χ4v) is 3.96. The van der Waals surface area contributed by atoms with E-state index < -0.39 is 11.9 Å². The Morgan fingerprint density at radius 3 is 2.65 bits per heavy atom. The number of hydrogen-bond acceptors (Lipinski definition) is 7. The van der Waals surface area contributed by atoms with Crippen molar-refractivity contribution in [2.75, 3.05) is 26.9 Å². The molecule has 0 aliphatic carbocycles. The van der Waals surface area contributed by atoms with E-state index in [1.165, 1.54) is 17.6 Å². The lowest BCUT2D eigenvalue weighted by Crippen LogP contribution is -2.33. The lowest BCUT2D eigenvalue weighted by molar-refractivity contribution is 0.0523. The van der Waals surface area contributed by atoms with Crippen LogP contribution in [0.3, 0.4) is 0 Å². The minimum Gasteiger partial charge on any atom is -0.497 e. The Hall–Kier alpha value is -4.31. The molecule has 10 heteroatoms. The van der Waals surface area contributed by atoms with Crippen molar-refractivity contribution in [2.24, 2.45) is 4.99 Å². The average Bonchev–Trinajstić information content (AvgIpc) is 2.92. The fraction of sp³-hybridized carbons (Fsp3) is 0.296. The Kier molecular flexibility index (Phi) is 8.09. The van der Waals surface area contributed by atoms with Gasteiger partial charge in [-0.3, -0.25) is 14.0 Å². The van der Waals surface area contributed by atoms with Crippen LogP contribution in [0.4, 0.5) is 0 Å². The molecule has 4 rings (SSSR count). The van der Waals surface area contributed by atoms with Crippen LogP contribution in [0.5, 0.6) is 5.75 Å². The maximum Gasteiger partial charge on any atom is 0.341 e. The molecule has 0 aliphatic heterocycles. The molecule has 192 valence electrons.